The highest BCUT2D eigenvalue weighted by molar-refractivity contribution is 9.10. The van der Waals surface area contributed by atoms with Crippen molar-refractivity contribution in [3.05, 3.63) is 52.0 Å². The fraction of sp³-hybridized carbons (Fsp3) is 0.188. The van der Waals surface area contributed by atoms with Gasteiger partial charge in [0.25, 0.3) is 0 Å². The number of anilines is 1. The van der Waals surface area contributed by atoms with Crippen LogP contribution in [0.25, 0.3) is 0 Å². The highest BCUT2D eigenvalue weighted by Gasteiger charge is 2.14. The summed E-state index contributed by atoms with van der Waals surface area (Å²) < 4.78 is 32.4. The number of ether oxygens (including phenoxy) is 1. The van der Waals surface area contributed by atoms with Crippen LogP contribution in [0.3, 0.4) is 0 Å². The monoisotopic (exact) mass is 446 g/mol. The maximum absolute atomic E-state index is 12.1. The number of methoxy groups -OCH3 is 1. The summed E-state index contributed by atoms with van der Waals surface area (Å²) in [5, 5.41) is 3.02. The van der Waals surface area contributed by atoms with Gasteiger partial charge >= 0.3 is 0 Å². The molecule has 2 rings (SSSR count). The first-order valence-electron chi connectivity index (χ1n) is 7.20. The Bertz CT molecular complexity index is 874. The Morgan fingerprint density at radius 2 is 2.00 bits per heavy atom. The van der Waals surface area contributed by atoms with Gasteiger partial charge in [-0.2, -0.15) is 0 Å². The lowest BCUT2D eigenvalue weighted by Gasteiger charge is -2.09. The number of amides is 1. The molecule has 2 aromatic rings. The first-order chi connectivity index (χ1) is 11.8. The van der Waals surface area contributed by atoms with Gasteiger partial charge in [-0.3, -0.25) is 4.79 Å². The number of sulfonamides is 1. The molecule has 6 nitrogen and oxygen atoms in total. The van der Waals surface area contributed by atoms with Crippen molar-refractivity contribution in [3.63, 3.8) is 0 Å². The van der Waals surface area contributed by atoms with E-state index < -0.39 is 10.0 Å². The van der Waals surface area contributed by atoms with Crippen LogP contribution in [0.2, 0.25) is 5.02 Å². The topological polar surface area (TPSA) is 84.5 Å². The van der Waals surface area contributed by atoms with E-state index in [9.17, 15) is 13.2 Å². The Labute approximate surface area is 159 Å². The van der Waals surface area contributed by atoms with E-state index in [0.29, 0.717) is 20.9 Å². The number of halogens is 2. The van der Waals surface area contributed by atoms with Gasteiger partial charge in [-0.05, 0) is 36.4 Å². The van der Waals surface area contributed by atoms with Crippen LogP contribution in [0.15, 0.2) is 51.8 Å². The molecular weight excluding hydrogens is 432 g/mol. The second-order valence-electron chi connectivity index (χ2n) is 5.00. The van der Waals surface area contributed by atoms with Crippen molar-refractivity contribution in [2.75, 3.05) is 19.0 Å². The molecular formula is C16H16BrClN2O4S. The highest BCUT2D eigenvalue weighted by Crippen LogP contribution is 2.27. The molecule has 0 aliphatic heterocycles. The number of benzene rings is 2. The van der Waals surface area contributed by atoms with Crippen molar-refractivity contribution in [2.24, 2.45) is 0 Å². The fourth-order valence-electron chi connectivity index (χ4n) is 1.98. The Morgan fingerprint density at radius 1 is 1.24 bits per heavy atom. The number of rotatable bonds is 7. The quantitative estimate of drug-likeness (QED) is 0.681. The van der Waals surface area contributed by atoms with Gasteiger partial charge in [0.05, 0.1) is 17.0 Å². The smallest absolute Gasteiger partial charge is 0.240 e. The third-order valence-corrected chi connectivity index (χ3v) is 5.43. The van der Waals surface area contributed by atoms with Crippen molar-refractivity contribution < 1.29 is 17.9 Å². The molecule has 0 bridgehead atoms. The van der Waals surface area contributed by atoms with Crippen LogP contribution in [-0.2, 0) is 14.8 Å². The minimum absolute atomic E-state index is 0.0170. The molecule has 0 radical (unpaired) electrons. The molecule has 0 fully saturated rings. The minimum atomic E-state index is -3.66. The molecule has 1 amide bonds. The summed E-state index contributed by atoms with van der Waals surface area (Å²) in [5.41, 5.74) is 0.505. The zero-order valence-electron chi connectivity index (χ0n) is 13.3. The molecule has 0 spiro atoms. The Morgan fingerprint density at radius 3 is 2.64 bits per heavy atom. The predicted molar refractivity (Wildman–Crippen MR) is 101 cm³/mol. The molecule has 9 heteroatoms. The van der Waals surface area contributed by atoms with Crippen molar-refractivity contribution in [1.29, 1.82) is 0 Å². The molecule has 0 unspecified atom stereocenters. The van der Waals surface area contributed by atoms with E-state index in [4.69, 9.17) is 16.3 Å². The summed E-state index contributed by atoms with van der Waals surface area (Å²) in [6.07, 6.45) is -0.0170. The van der Waals surface area contributed by atoms with Gasteiger partial charge < -0.3 is 10.1 Å². The molecule has 0 saturated carbocycles. The first-order valence-corrected chi connectivity index (χ1v) is 9.86. The van der Waals surface area contributed by atoms with Gasteiger partial charge in [-0.1, -0.05) is 33.6 Å². The molecule has 0 heterocycles. The Kier molecular flexibility index (Phi) is 6.83. The molecule has 0 aromatic heterocycles. The second-order valence-corrected chi connectivity index (χ2v) is 8.09. The SMILES string of the molecule is COc1ccc(NC(=O)CCNS(=O)(=O)c2cccc(Br)c2)cc1Cl. The fourth-order valence-corrected chi connectivity index (χ4v) is 3.87. The summed E-state index contributed by atoms with van der Waals surface area (Å²) >= 11 is 9.21. The molecule has 0 aliphatic carbocycles. The number of carbonyl (C=O) groups excluding carboxylic acids is 1. The molecule has 0 atom stereocenters. The average Bonchev–Trinajstić information content (AvgIpc) is 2.55. The zero-order chi connectivity index (χ0) is 18.4. The van der Waals surface area contributed by atoms with Crippen molar-refractivity contribution >= 4 is 49.1 Å². The van der Waals surface area contributed by atoms with Crippen molar-refractivity contribution in [3.8, 4) is 5.75 Å². The summed E-state index contributed by atoms with van der Waals surface area (Å²) in [6, 6.07) is 11.2. The van der Waals surface area contributed by atoms with Gasteiger partial charge in [0.2, 0.25) is 15.9 Å². The number of carbonyl (C=O) groups is 1. The molecule has 25 heavy (non-hydrogen) atoms. The maximum atomic E-state index is 12.1. The normalized spacial score (nSPS) is 11.2. The molecule has 2 aromatic carbocycles. The predicted octanol–water partition coefficient (Wildman–Crippen LogP) is 3.42. The van der Waals surface area contributed by atoms with Crippen LogP contribution in [-0.4, -0.2) is 28.0 Å². The summed E-state index contributed by atoms with van der Waals surface area (Å²) in [6.45, 7) is -0.0232. The number of hydrogen-bond acceptors (Lipinski definition) is 4. The Hall–Kier alpha value is -1.61. The van der Waals surface area contributed by atoms with Gasteiger partial charge in [0.1, 0.15) is 5.75 Å². The standard InChI is InChI=1S/C16H16BrClN2O4S/c1-24-15-6-5-12(10-14(15)18)20-16(21)7-8-19-25(22,23)13-4-2-3-11(17)9-13/h2-6,9-10,19H,7-8H2,1H3,(H,20,21). The van der Waals surface area contributed by atoms with Gasteiger partial charge in [-0.15, -0.1) is 0 Å². The first kappa shape index (κ1) is 19.7. The molecule has 0 aliphatic rings. The van der Waals surface area contributed by atoms with E-state index in [1.165, 1.54) is 19.2 Å². The molecule has 0 saturated heterocycles. The van der Waals surface area contributed by atoms with Crippen LogP contribution in [0, 0.1) is 0 Å². The van der Waals surface area contributed by atoms with Crippen LogP contribution in [0.5, 0.6) is 5.75 Å². The van der Waals surface area contributed by atoms with Crippen molar-refractivity contribution in [2.45, 2.75) is 11.3 Å². The zero-order valence-corrected chi connectivity index (χ0v) is 16.4. The lowest BCUT2D eigenvalue weighted by molar-refractivity contribution is -0.116. The van der Waals surface area contributed by atoms with Gasteiger partial charge in [-0.25, -0.2) is 13.1 Å². The van der Waals surface area contributed by atoms with Gasteiger partial charge in [0, 0.05) is 23.1 Å². The lowest BCUT2D eigenvalue weighted by atomic mass is 10.3. The average molecular weight is 448 g/mol. The molecule has 134 valence electrons. The van der Waals surface area contributed by atoms with E-state index in [-0.39, 0.29) is 23.8 Å². The summed E-state index contributed by atoms with van der Waals surface area (Å²) in [4.78, 5) is 12.1. The van der Waals surface area contributed by atoms with Crippen LogP contribution in [0.1, 0.15) is 6.42 Å². The maximum Gasteiger partial charge on any atom is 0.240 e. The van der Waals surface area contributed by atoms with Crippen molar-refractivity contribution in [1.82, 2.24) is 4.72 Å². The third kappa shape index (κ3) is 5.71. The van der Waals surface area contributed by atoms with Crippen LogP contribution >= 0.6 is 27.5 Å². The summed E-state index contributed by atoms with van der Waals surface area (Å²) in [5.74, 6) is 0.166. The lowest BCUT2D eigenvalue weighted by Crippen LogP contribution is -2.27. The van der Waals surface area contributed by atoms with Crippen LogP contribution < -0.4 is 14.8 Å². The third-order valence-electron chi connectivity index (χ3n) is 3.19. The van der Waals surface area contributed by atoms with E-state index in [2.05, 4.69) is 26.0 Å². The Balaban J connectivity index is 1.89. The minimum Gasteiger partial charge on any atom is -0.495 e. The van der Waals surface area contributed by atoms with E-state index in [0.717, 1.165) is 0 Å². The van der Waals surface area contributed by atoms with Gasteiger partial charge in [0.15, 0.2) is 0 Å². The second kappa shape index (κ2) is 8.66. The number of nitrogens with one attached hydrogen (secondary N) is 2. The van der Waals surface area contributed by atoms with E-state index in [1.807, 2.05) is 0 Å². The number of hydrogen-bond donors (Lipinski definition) is 2. The largest absolute Gasteiger partial charge is 0.495 e. The molecule has 2 N–H and O–H groups in total. The van der Waals surface area contributed by atoms with E-state index >= 15 is 0 Å². The van der Waals surface area contributed by atoms with Crippen LogP contribution in [0.4, 0.5) is 5.69 Å². The summed E-state index contributed by atoms with van der Waals surface area (Å²) in [7, 11) is -2.17. The highest BCUT2D eigenvalue weighted by atomic mass is 79.9. The van der Waals surface area contributed by atoms with E-state index in [1.54, 1.807) is 30.3 Å².